The molecule has 0 unspecified atom stereocenters. The molecule has 2 aromatic rings. The fraction of sp³-hybridized carbons (Fsp3) is 0.455. The highest BCUT2D eigenvalue weighted by Crippen LogP contribution is 2.15. The molecule has 0 amide bonds. The summed E-state index contributed by atoms with van der Waals surface area (Å²) in [6.45, 7) is 6.17. The zero-order chi connectivity index (χ0) is 11.0. The molecule has 1 N–H and O–H groups in total. The molecule has 0 aliphatic carbocycles. The smallest absolute Gasteiger partial charge is 0.251 e. The van der Waals surface area contributed by atoms with Gasteiger partial charge in [0, 0.05) is 11.6 Å². The standard InChI is InChI=1S/C11H15N3O/c1-4-8-6-12-14-9(7(2)3)5-10(15)13-11(8)14/h5-7H,4H2,1-3H3,(H,13,15). The molecule has 0 fully saturated rings. The minimum absolute atomic E-state index is 0.0543. The molecule has 0 saturated heterocycles. The Labute approximate surface area is 87.9 Å². The van der Waals surface area contributed by atoms with Crippen molar-refractivity contribution in [3.63, 3.8) is 0 Å². The zero-order valence-electron chi connectivity index (χ0n) is 9.24. The lowest BCUT2D eigenvalue weighted by Gasteiger charge is -2.07. The highest BCUT2D eigenvalue weighted by Gasteiger charge is 2.10. The van der Waals surface area contributed by atoms with Crippen molar-refractivity contribution in [2.45, 2.75) is 33.1 Å². The summed E-state index contributed by atoms with van der Waals surface area (Å²) in [7, 11) is 0. The number of nitrogens with one attached hydrogen (secondary N) is 1. The van der Waals surface area contributed by atoms with Crippen molar-refractivity contribution in [1.29, 1.82) is 0 Å². The van der Waals surface area contributed by atoms with Crippen LogP contribution in [0.2, 0.25) is 0 Å². The van der Waals surface area contributed by atoms with Crippen molar-refractivity contribution in [3.05, 3.63) is 33.9 Å². The third kappa shape index (κ3) is 1.56. The quantitative estimate of drug-likeness (QED) is 0.811. The van der Waals surface area contributed by atoms with Crippen LogP contribution >= 0.6 is 0 Å². The summed E-state index contributed by atoms with van der Waals surface area (Å²) in [5, 5.41) is 4.30. The van der Waals surface area contributed by atoms with Crippen LogP contribution in [0.5, 0.6) is 0 Å². The van der Waals surface area contributed by atoms with Gasteiger partial charge in [-0.05, 0) is 12.3 Å². The molecule has 0 bridgehead atoms. The van der Waals surface area contributed by atoms with Crippen molar-refractivity contribution in [3.8, 4) is 0 Å². The van der Waals surface area contributed by atoms with Gasteiger partial charge in [-0.15, -0.1) is 0 Å². The van der Waals surface area contributed by atoms with E-state index in [0.717, 1.165) is 23.3 Å². The molecule has 2 aromatic heterocycles. The lowest BCUT2D eigenvalue weighted by molar-refractivity contribution is 0.745. The summed E-state index contributed by atoms with van der Waals surface area (Å²) in [5.41, 5.74) is 2.80. The van der Waals surface area contributed by atoms with Crippen molar-refractivity contribution >= 4 is 5.65 Å². The Kier molecular flexibility index (Phi) is 2.34. The van der Waals surface area contributed by atoms with E-state index in [1.165, 1.54) is 0 Å². The van der Waals surface area contributed by atoms with Gasteiger partial charge >= 0.3 is 0 Å². The second kappa shape index (κ2) is 3.53. The van der Waals surface area contributed by atoms with Crippen LogP contribution in [0.15, 0.2) is 17.1 Å². The van der Waals surface area contributed by atoms with Gasteiger partial charge in [-0.25, -0.2) is 4.52 Å². The molecule has 0 aromatic carbocycles. The summed E-state index contributed by atoms with van der Waals surface area (Å²) >= 11 is 0. The topological polar surface area (TPSA) is 50.2 Å². The lowest BCUT2D eigenvalue weighted by atomic mass is 10.1. The molecular weight excluding hydrogens is 190 g/mol. The van der Waals surface area contributed by atoms with E-state index in [-0.39, 0.29) is 5.56 Å². The van der Waals surface area contributed by atoms with Gasteiger partial charge in [0.1, 0.15) is 5.65 Å². The van der Waals surface area contributed by atoms with Crippen LogP contribution < -0.4 is 5.56 Å². The van der Waals surface area contributed by atoms with E-state index >= 15 is 0 Å². The monoisotopic (exact) mass is 205 g/mol. The molecular formula is C11H15N3O. The van der Waals surface area contributed by atoms with Crippen molar-refractivity contribution < 1.29 is 0 Å². The maximum absolute atomic E-state index is 11.5. The number of aromatic amines is 1. The van der Waals surface area contributed by atoms with Gasteiger partial charge in [0.2, 0.25) is 0 Å². The Balaban J connectivity index is 2.82. The van der Waals surface area contributed by atoms with Crippen LogP contribution in [-0.2, 0) is 6.42 Å². The summed E-state index contributed by atoms with van der Waals surface area (Å²) in [6, 6.07) is 1.62. The first-order chi connectivity index (χ1) is 7.13. The summed E-state index contributed by atoms with van der Waals surface area (Å²) in [5.74, 6) is 0.291. The maximum atomic E-state index is 11.5. The largest absolute Gasteiger partial charge is 0.307 e. The molecule has 4 nitrogen and oxygen atoms in total. The average molecular weight is 205 g/mol. The van der Waals surface area contributed by atoms with Crippen molar-refractivity contribution in [2.75, 3.05) is 0 Å². The van der Waals surface area contributed by atoms with Crippen LogP contribution in [0.25, 0.3) is 5.65 Å². The van der Waals surface area contributed by atoms with E-state index in [1.54, 1.807) is 6.07 Å². The predicted molar refractivity (Wildman–Crippen MR) is 59.3 cm³/mol. The highest BCUT2D eigenvalue weighted by molar-refractivity contribution is 5.47. The minimum Gasteiger partial charge on any atom is -0.307 e. The molecule has 2 rings (SSSR count). The third-order valence-electron chi connectivity index (χ3n) is 2.58. The van der Waals surface area contributed by atoms with Crippen LogP contribution in [-0.4, -0.2) is 14.6 Å². The highest BCUT2D eigenvalue weighted by atomic mass is 16.1. The Morgan fingerprint density at radius 3 is 2.87 bits per heavy atom. The first-order valence-corrected chi connectivity index (χ1v) is 5.23. The van der Waals surface area contributed by atoms with Gasteiger partial charge < -0.3 is 4.98 Å². The second-order valence-corrected chi connectivity index (χ2v) is 4.00. The average Bonchev–Trinajstić information content (AvgIpc) is 2.58. The van der Waals surface area contributed by atoms with Gasteiger partial charge in [0.15, 0.2) is 0 Å². The predicted octanol–water partition coefficient (Wildman–Crippen LogP) is 1.71. The number of hydrogen-bond donors (Lipinski definition) is 1. The molecule has 0 aliphatic heterocycles. The first-order valence-electron chi connectivity index (χ1n) is 5.23. The summed E-state index contributed by atoms with van der Waals surface area (Å²) < 4.78 is 1.82. The molecule has 0 aliphatic rings. The SMILES string of the molecule is CCc1cnn2c(C(C)C)cc(=O)[nH]c12. The molecule has 15 heavy (non-hydrogen) atoms. The number of aryl methyl sites for hydroxylation is 1. The number of rotatable bonds is 2. The van der Waals surface area contributed by atoms with Crippen LogP contribution in [0.4, 0.5) is 0 Å². The molecule has 0 atom stereocenters. The van der Waals surface area contributed by atoms with E-state index in [4.69, 9.17) is 0 Å². The lowest BCUT2D eigenvalue weighted by Crippen LogP contribution is -2.13. The fourth-order valence-electron chi connectivity index (χ4n) is 1.73. The summed E-state index contributed by atoms with van der Waals surface area (Å²) in [6.07, 6.45) is 2.69. The minimum atomic E-state index is -0.0543. The fourth-order valence-corrected chi connectivity index (χ4v) is 1.73. The first kappa shape index (κ1) is 9.96. The van der Waals surface area contributed by atoms with E-state index < -0.39 is 0 Å². The van der Waals surface area contributed by atoms with E-state index in [0.29, 0.717) is 5.92 Å². The van der Waals surface area contributed by atoms with Crippen LogP contribution in [0.3, 0.4) is 0 Å². The Bertz CT molecular complexity index is 536. The van der Waals surface area contributed by atoms with Gasteiger partial charge in [-0.2, -0.15) is 5.10 Å². The van der Waals surface area contributed by atoms with Crippen LogP contribution in [0, 0.1) is 0 Å². The molecule has 0 saturated carbocycles. The Morgan fingerprint density at radius 1 is 1.53 bits per heavy atom. The number of H-pyrrole nitrogens is 1. The normalized spacial score (nSPS) is 11.5. The Morgan fingerprint density at radius 2 is 2.27 bits per heavy atom. The van der Waals surface area contributed by atoms with Gasteiger partial charge in [-0.1, -0.05) is 20.8 Å². The maximum Gasteiger partial charge on any atom is 0.251 e. The number of hydrogen-bond acceptors (Lipinski definition) is 2. The molecule has 80 valence electrons. The van der Waals surface area contributed by atoms with E-state index in [1.807, 2.05) is 10.7 Å². The van der Waals surface area contributed by atoms with E-state index in [9.17, 15) is 4.79 Å². The number of nitrogens with zero attached hydrogens (tertiary/aromatic N) is 2. The number of aromatic nitrogens is 3. The molecule has 2 heterocycles. The van der Waals surface area contributed by atoms with Crippen molar-refractivity contribution in [1.82, 2.24) is 14.6 Å². The third-order valence-corrected chi connectivity index (χ3v) is 2.58. The Hall–Kier alpha value is -1.58. The molecule has 0 spiro atoms. The van der Waals surface area contributed by atoms with E-state index in [2.05, 4.69) is 30.9 Å². The van der Waals surface area contributed by atoms with Gasteiger partial charge in [0.05, 0.1) is 11.9 Å². The summed E-state index contributed by atoms with van der Waals surface area (Å²) in [4.78, 5) is 14.3. The number of fused-ring (bicyclic) bond motifs is 1. The molecule has 0 radical (unpaired) electrons. The molecule has 4 heteroatoms. The van der Waals surface area contributed by atoms with Crippen molar-refractivity contribution in [2.24, 2.45) is 0 Å². The van der Waals surface area contributed by atoms with Gasteiger partial charge in [0.25, 0.3) is 5.56 Å². The second-order valence-electron chi connectivity index (χ2n) is 4.00. The zero-order valence-corrected chi connectivity index (χ0v) is 9.24. The van der Waals surface area contributed by atoms with Gasteiger partial charge in [-0.3, -0.25) is 4.79 Å². The van der Waals surface area contributed by atoms with Crippen LogP contribution in [0.1, 0.15) is 37.9 Å².